The Morgan fingerprint density at radius 1 is 1.54 bits per heavy atom. The molecule has 0 fully saturated rings. The van der Waals surface area contributed by atoms with Crippen LogP contribution in [0.2, 0.25) is 0 Å². The van der Waals surface area contributed by atoms with Crippen LogP contribution in [0.25, 0.3) is 0 Å². The molecule has 0 amide bonds. The minimum atomic E-state index is 0.453. The fourth-order valence-corrected chi connectivity index (χ4v) is 1.01. The number of hydrogen-bond donors (Lipinski definition) is 3. The summed E-state index contributed by atoms with van der Waals surface area (Å²) in [7, 11) is 1.74. The van der Waals surface area contributed by atoms with Crippen molar-refractivity contribution in [3.05, 3.63) is 23.5 Å². The molecule has 0 aliphatic heterocycles. The first kappa shape index (κ1) is 11.8. The Bertz CT molecular complexity index is 239. The molecule has 0 aliphatic rings. The van der Waals surface area contributed by atoms with E-state index < -0.39 is 0 Å². The molecule has 3 nitrogen and oxygen atoms in total. The Kier molecular flexibility index (Phi) is 4.89. The van der Waals surface area contributed by atoms with Gasteiger partial charge in [-0.15, -0.1) is 0 Å². The topological polar surface area (TPSA) is 61.9 Å². The molecule has 4 N–H and O–H groups in total. The molecule has 0 radical (unpaired) electrons. The molecule has 74 valence electrons. The highest BCUT2D eigenvalue weighted by Gasteiger charge is 2.06. The molecule has 0 saturated heterocycles. The Morgan fingerprint density at radius 2 is 2.08 bits per heavy atom. The van der Waals surface area contributed by atoms with Crippen molar-refractivity contribution < 1.29 is 0 Å². The third kappa shape index (κ3) is 3.32. The lowest BCUT2D eigenvalue weighted by Gasteiger charge is -2.10. The van der Waals surface area contributed by atoms with Crippen LogP contribution in [0.1, 0.15) is 26.7 Å². The molecule has 13 heavy (non-hydrogen) atoms. The minimum Gasteiger partial charge on any atom is -0.385 e. The number of nitrogens with two attached hydrogens (primary N) is 1. The molecular formula is C10H19N3. The van der Waals surface area contributed by atoms with E-state index in [9.17, 15) is 0 Å². The average Bonchev–Trinajstić information content (AvgIpc) is 2.14. The van der Waals surface area contributed by atoms with Crippen LogP contribution in [0, 0.1) is 5.41 Å². The van der Waals surface area contributed by atoms with Crippen molar-refractivity contribution in [1.82, 2.24) is 5.32 Å². The van der Waals surface area contributed by atoms with Crippen LogP contribution in [0.15, 0.2) is 23.5 Å². The van der Waals surface area contributed by atoms with Gasteiger partial charge in [0.25, 0.3) is 0 Å². The highest BCUT2D eigenvalue weighted by Crippen LogP contribution is 2.10. The number of rotatable bonds is 5. The van der Waals surface area contributed by atoms with Crippen molar-refractivity contribution in [3.63, 3.8) is 0 Å². The van der Waals surface area contributed by atoms with Crippen molar-refractivity contribution in [3.8, 4) is 0 Å². The zero-order chi connectivity index (χ0) is 10.4. The predicted molar refractivity (Wildman–Crippen MR) is 57.7 cm³/mol. The summed E-state index contributed by atoms with van der Waals surface area (Å²) in [6.07, 6.45) is 1.86. The highest BCUT2D eigenvalue weighted by molar-refractivity contribution is 6.09. The molecule has 0 spiro atoms. The van der Waals surface area contributed by atoms with E-state index in [1.165, 1.54) is 0 Å². The summed E-state index contributed by atoms with van der Waals surface area (Å²) in [5.41, 5.74) is 7.70. The van der Waals surface area contributed by atoms with Gasteiger partial charge in [-0.3, -0.25) is 0 Å². The van der Waals surface area contributed by atoms with Gasteiger partial charge in [0.1, 0.15) is 5.82 Å². The monoisotopic (exact) mass is 181 g/mol. The number of hydrogen-bond acceptors (Lipinski definition) is 3. The van der Waals surface area contributed by atoms with Gasteiger partial charge in [0.15, 0.2) is 0 Å². The zero-order valence-corrected chi connectivity index (χ0v) is 8.70. The summed E-state index contributed by atoms with van der Waals surface area (Å²) >= 11 is 0. The maximum Gasteiger partial charge on any atom is 0.101 e. The van der Waals surface area contributed by atoms with Crippen molar-refractivity contribution >= 4 is 5.71 Å². The van der Waals surface area contributed by atoms with Gasteiger partial charge in [-0.25, -0.2) is 0 Å². The summed E-state index contributed by atoms with van der Waals surface area (Å²) in [4.78, 5) is 0. The fraction of sp³-hybridized carbons (Fsp3) is 0.500. The van der Waals surface area contributed by atoms with E-state index in [0.29, 0.717) is 11.5 Å². The van der Waals surface area contributed by atoms with Crippen LogP contribution in [0.5, 0.6) is 0 Å². The Balaban J connectivity index is 4.52. The molecule has 0 atom stereocenters. The standard InChI is InChI=1S/C10H19N3/c1-5-6-7(2)9(11)8(3)10(12)13-4/h11,13H,2,5-6,12H2,1,3-4H3/b10-8-,11-9?. The maximum atomic E-state index is 7.76. The Morgan fingerprint density at radius 3 is 2.46 bits per heavy atom. The second-order valence-corrected chi connectivity index (χ2v) is 3.02. The van der Waals surface area contributed by atoms with E-state index in [4.69, 9.17) is 11.1 Å². The van der Waals surface area contributed by atoms with Crippen LogP contribution >= 0.6 is 0 Å². The third-order valence-corrected chi connectivity index (χ3v) is 1.95. The van der Waals surface area contributed by atoms with E-state index in [1.807, 2.05) is 6.92 Å². The van der Waals surface area contributed by atoms with Crippen LogP contribution in [-0.2, 0) is 0 Å². The summed E-state index contributed by atoms with van der Waals surface area (Å²) in [6, 6.07) is 0. The van der Waals surface area contributed by atoms with Crippen LogP contribution in [-0.4, -0.2) is 12.8 Å². The molecule has 0 unspecified atom stereocenters. The number of nitrogens with one attached hydrogen (secondary N) is 2. The average molecular weight is 181 g/mol. The highest BCUT2D eigenvalue weighted by atomic mass is 15.0. The van der Waals surface area contributed by atoms with Crippen LogP contribution < -0.4 is 11.1 Å². The molecule has 0 aromatic rings. The lowest BCUT2D eigenvalue weighted by molar-refractivity contribution is 0.926. The molecule has 0 aliphatic carbocycles. The third-order valence-electron chi connectivity index (χ3n) is 1.95. The van der Waals surface area contributed by atoms with E-state index >= 15 is 0 Å². The largest absolute Gasteiger partial charge is 0.385 e. The fourth-order valence-electron chi connectivity index (χ4n) is 1.01. The summed E-state index contributed by atoms with van der Waals surface area (Å²) in [5.74, 6) is 0.544. The van der Waals surface area contributed by atoms with Gasteiger partial charge in [-0.2, -0.15) is 0 Å². The second kappa shape index (κ2) is 5.41. The Hall–Kier alpha value is -1.25. The summed E-state index contributed by atoms with van der Waals surface area (Å²) in [6.45, 7) is 7.74. The van der Waals surface area contributed by atoms with Gasteiger partial charge in [0, 0.05) is 12.6 Å². The lowest BCUT2D eigenvalue weighted by Crippen LogP contribution is -2.20. The molecular weight excluding hydrogens is 162 g/mol. The first-order chi connectivity index (χ1) is 6.04. The molecule has 0 rings (SSSR count). The summed E-state index contributed by atoms with van der Waals surface area (Å²) in [5, 5.41) is 10.6. The summed E-state index contributed by atoms with van der Waals surface area (Å²) < 4.78 is 0. The van der Waals surface area contributed by atoms with Crippen molar-refractivity contribution in [2.24, 2.45) is 5.73 Å². The van der Waals surface area contributed by atoms with E-state index in [1.54, 1.807) is 7.05 Å². The van der Waals surface area contributed by atoms with Crippen LogP contribution in [0.4, 0.5) is 0 Å². The van der Waals surface area contributed by atoms with Gasteiger partial charge in [-0.05, 0) is 18.9 Å². The normalized spacial score (nSPS) is 11.9. The molecule has 0 heterocycles. The zero-order valence-electron chi connectivity index (χ0n) is 8.70. The lowest BCUT2D eigenvalue weighted by atomic mass is 10.0. The van der Waals surface area contributed by atoms with Crippen molar-refractivity contribution in [2.75, 3.05) is 7.05 Å². The quantitative estimate of drug-likeness (QED) is 0.566. The van der Waals surface area contributed by atoms with E-state index in [2.05, 4.69) is 18.8 Å². The molecule has 0 bridgehead atoms. The van der Waals surface area contributed by atoms with Gasteiger partial charge < -0.3 is 16.5 Å². The van der Waals surface area contributed by atoms with Crippen LogP contribution in [0.3, 0.4) is 0 Å². The SMILES string of the molecule is C=C(CCC)C(=N)/C(C)=C(/N)NC. The van der Waals surface area contributed by atoms with E-state index in [0.717, 1.165) is 24.0 Å². The van der Waals surface area contributed by atoms with E-state index in [-0.39, 0.29) is 0 Å². The molecule has 3 heteroatoms. The second-order valence-electron chi connectivity index (χ2n) is 3.02. The van der Waals surface area contributed by atoms with Gasteiger partial charge >= 0.3 is 0 Å². The number of allylic oxidation sites excluding steroid dienone is 2. The van der Waals surface area contributed by atoms with Gasteiger partial charge in [0.05, 0.1) is 5.71 Å². The first-order valence-corrected chi connectivity index (χ1v) is 4.45. The minimum absolute atomic E-state index is 0.453. The maximum absolute atomic E-state index is 7.76. The molecule has 0 aromatic heterocycles. The smallest absolute Gasteiger partial charge is 0.101 e. The molecule has 0 aromatic carbocycles. The van der Waals surface area contributed by atoms with Gasteiger partial charge in [-0.1, -0.05) is 19.9 Å². The molecule has 0 saturated carbocycles. The predicted octanol–water partition coefficient (Wildman–Crippen LogP) is 1.77. The van der Waals surface area contributed by atoms with Crippen molar-refractivity contribution in [2.45, 2.75) is 26.7 Å². The van der Waals surface area contributed by atoms with Gasteiger partial charge in [0.2, 0.25) is 0 Å². The first-order valence-electron chi connectivity index (χ1n) is 4.45. The Labute approximate surface area is 80.2 Å². The van der Waals surface area contributed by atoms with Crippen molar-refractivity contribution in [1.29, 1.82) is 5.41 Å².